The first-order valence-electron chi connectivity index (χ1n) is 14.4. The second-order valence-corrected chi connectivity index (χ2v) is 10.9. The van der Waals surface area contributed by atoms with Crippen molar-refractivity contribution < 1.29 is 77.9 Å². The van der Waals surface area contributed by atoms with Gasteiger partial charge in [0.15, 0.2) is 29.8 Å². The molecule has 6 N–H and O–H groups in total. The van der Waals surface area contributed by atoms with Crippen LogP contribution in [0.2, 0.25) is 0 Å². The lowest BCUT2D eigenvalue weighted by Gasteiger charge is -2.43. The topological polar surface area (TPSA) is 254 Å². The van der Waals surface area contributed by atoms with Crippen molar-refractivity contribution in [2.75, 3.05) is 13.2 Å². The molecule has 1 aliphatic carbocycles. The van der Waals surface area contributed by atoms with E-state index in [1.165, 1.54) is 18.2 Å². The molecule has 1 saturated carbocycles. The molecule has 1 heterocycles. The van der Waals surface area contributed by atoms with Gasteiger partial charge in [-0.25, -0.2) is 0 Å². The van der Waals surface area contributed by atoms with Crippen molar-refractivity contribution in [3.8, 4) is 11.5 Å². The van der Waals surface area contributed by atoms with Crippen molar-refractivity contribution >= 4 is 29.8 Å². The van der Waals surface area contributed by atoms with Gasteiger partial charge in [0.25, 0.3) is 5.91 Å². The number of hydrogen-bond donors (Lipinski definition) is 6. The zero-order valence-corrected chi connectivity index (χ0v) is 25.6. The summed E-state index contributed by atoms with van der Waals surface area (Å²) in [7, 11) is 0. The number of carbonyl (C=O) groups is 5. The van der Waals surface area contributed by atoms with Gasteiger partial charge in [0.1, 0.15) is 18.3 Å². The number of ether oxygens (including phenoxy) is 6. The molecule has 10 atom stereocenters. The molecule has 256 valence electrons. The molecule has 46 heavy (non-hydrogen) atoms. The molecule has 1 aliphatic heterocycles. The van der Waals surface area contributed by atoms with Crippen LogP contribution in [-0.2, 0) is 54.1 Å². The van der Waals surface area contributed by atoms with Gasteiger partial charge in [0, 0.05) is 46.8 Å². The zero-order valence-electron chi connectivity index (χ0n) is 25.6. The molecular weight excluding hydrogens is 618 g/mol. The third-order valence-corrected chi connectivity index (χ3v) is 7.29. The molecule has 17 nitrogen and oxygen atoms in total. The summed E-state index contributed by atoms with van der Waals surface area (Å²) in [5, 5.41) is 52.9. The van der Waals surface area contributed by atoms with Crippen LogP contribution in [0.25, 0.3) is 0 Å². The number of rotatable bonds is 11. The van der Waals surface area contributed by atoms with Crippen molar-refractivity contribution in [2.45, 2.75) is 95.7 Å². The average Bonchev–Trinajstić information content (AvgIpc) is 2.96. The van der Waals surface area contributed by atoms with E-state index in [1.807, 2.05) is 0 Å². The molecule has 2 aliphatic rings. The smallest absolute Gasteiger partial charge is 0.305 e. The molecule has 1 saturated heterocycles. The highest BCUT2D eigenvalue weighted by atomic mass is 16.7. The lowest BCUT2D eigenvalue weighted by atomic mass is 9.81. The Morgan fingerprint density at radius 3 is 2.00 bits per heavy atom. The maximum atomic E-state index is 13.3. The van der Waals surface area contributed by atoms with Crippen LogP contribution in [0.5, 0.6) is 11.5 Å². The summed E-state index contributed by atoms with van der Waals surface area (Å²) in [6, 6.07) is 4.26. The van der Waals surface area contributed by atoms with E-state index in [4.69, 9.17) is 28.4 Å². The molecule has 0 bridgehead atoms. The number of esters is 4. The minimum absolute atomic E-state index is 0.0124. The summed E-state index contributed by atoms with van der Waals surface area (Å²) in [6.07, 6.45) is -13.6. The van der Waals surface area contributed by atoms with Crippen LogP contribution >= 0.6 is 0 Å². The number of carbonyl (C=O) groups excluding carboxylic acids is 5. The monoisotopic (exact) mass is 657 g/mol. The molecule has 1 aromatic carbocycles. The summed E-state index contributed by atoms with van der Waals surface area (Å²) >= 11 is 0. The van der Waals surface area contributed by atoms with E-state index < -0.39 is 97.4 Å². The van der Waals surface area contributed by atoms with Crippen molar-refractivity contribution in [2.24, 2.45) is 5.92 Å². The van der Waals surface area contributed by atoms with E-state index in [0.29, 0.717) is 5.56 Å². The Morgan fingerprint density at radius 2 is 1.41 bits per heavy atom. The summed E-state index contributed by atoms with van der Waals surface area (Å²) in [5.41, 5.74) is 0.532. The Bertz CT molecular complexity index is 1270. The fourth-order valence-electron chi connectivity index (χ4n) is 5.22. The van der Waals surface area contributed by atoms with Gasteiger partial charge in [0.2, 0.25) is 12.4 Å². The van der Waals surface area contributed by atoms with Gasteiger partial charge in [-0.2, -0.15) is 0 Å². The van der Waals surface area contributed by atoms with Gasteiger partial charge >= 0.3 is 23.9 Å². The maximum absolute atomic E-state index is 13.3. The molecule has 0 radical (unpaired) electrons. The molecule has 17 heteroatoms. The zero-order chi connectivity index (χ0) is 34.3. The predicted molar refractivity (Wildman–Crippen MR) is 150 cm³/mol. The molecule has 1 amide bonds. The van der Waals surface area contributed by atoms with E-state index in [2.05, 4.69) is 5.32 Å². The van der Waals surface area contributed by atoms with Gasteiger partial charge < -0.3 is 59.3 Å². The number of hydrogen-bond acceptors (Lipinski definition) is 16. The highest BCUT2D eigenvalue weighted by molar-refractivity contribution is 5.82. The van der Waals surface area contributed by atoms with Gasteiger partial charge in [-0.1, -0.05) is 6.07 Å². The average molecular weight is 658 g/mol. The van der Waals surface area contributed by atoms with Crippen LogP contribution in [-0.4, -0.2) is 124 Å². The highest BCUT2D eigenvalue weighted by Crippen LogP contribution is 2.34. The van der Waals surface area contributed by atoms with E-state index >= 15 is 0 Å². The van der Waals surface area contributed by atoms with Crippen LogP contribution in [0.1, 0.15) is 39.7 Å². The quantitative estimate of drug-likeness (QED) is 0.111. The minimum Gasteiger partial charge on any atom is -0.504 e. The Balaban J connectivity index is 1.76. The molecule has 0 spiro atoms. The summed E-state index contributed by atoms with van der Waals surface area (Å²) in [6.45, 7) is 3.59. The third kappa shape index (κ3) is 9.26. The number of phenolic OH excluding ortho intramolecular Hbond substituents is 1. The van der Waals surface area contributed by atoms with Gasteiger partial charge in [-0.05, 0) is 30.5 Å². The number of aromatic hydroxyl groups is 1. The lowest BCUT2D eigenvalue weighted by molar-refractivity contribution is -0.290. The maximum Gasteiger partial charge on any atom is 0.305 e. The van der Waals surface area contributed by atoms with Gasteiger partial charge in [0.05, 0.1) is 6.10 Å². The number of aliphatic hydroxyl groups excluding tert-OH is 4. The molecular formula is C29H39NO16. The molecule has 0 aromatic heterocycles. The molecule has 10 unspecified atom stereocenters. The Kier molecular flexibility index (Phi) is 12.7. The van der Waals surface area contributed by atoms with Crippen molar-refractivity contribution in [1.29, 1.82) is 0 Å². The first-order valence-corrected chi connectivity index (χ1v) is 14.4. The number of nitrogens with one attached hydrogen (secondary N) is 1. The SMILES string of the molecule is CC(=O)OC1OC(C(=O)NCCc2ccc(O)c(OC3CC(CO)C(O)C(O)C3O)c2)C(OC(C)=O)C(OC(C)=O)C1OC(C)=O. The van der Waals surface area contributed by atoms with E-state index in [0.717, 1.165) is 27.7 Å². The van der Waals surface area contributed by atoms with E-state index in [-0.39, 0.29) is 30.9 Å². The normalized spacial score (nSPS) is 30.8. The highest BCUT2D eigenvalue weighted by Gasteiger charge is 2.55. The summed E-state index contributed by atoms with van der Waals surface area (Å²) in [5.74, 6) is -5.52. The Hall–Kier alpha value is -4.03. The molecule has 2 fully saturated rings. The van der Waals surface area contributed by atoms with Crippen LogP contribution in [0.3, 0.4) is 0 Å². The predicted octanol–water partition coefficient (Wildman–Crippen LogP) is -2.02. The van der Waals surface area contributed by atoms with Gasteiger partial charge in [-0.15, -0.1) is 0 Å². The number of phenols is 1. The standard InChI is InChI=1S/C29H39NO16/c1-12(32)41-24-25(42-13(2)33)27(43-14(3)34)29(44-15(4)35)46-26(24)28(40)30-8-7-16-5-6-18(36)19(9-16)45-20-10-17(11-31)21(37)23(39)22(20)38/h5-6,9,17,20-27,29,31,36-39H,7-8,10-11H2,1-4H3,(H,30,40). The second-order valence-electron chi connectivity index (χ2n) is 10.9. The Labute approximate surface area is 263 Å². The Morgan fingerprint density at radius 1 is 0.826 bits per heavy atom. The molecule has 3 rings (SSSR count). The van der Waals surface area contributed by atoms with Crippen molar-refractivity contribution in [3.05, 3.63) is 23.8 Å². The second kappa shape index (κ2) is 16.0. The van der Waals surface area contributed by atoms with Crippen LogP contribution in [0.15, 0.2) is 18.2 Å². The van der Waals surface area contributed by atoms with Gasteiger partial charge in [-0.3, -0.25) is 24.0 Å². The minimum atomic E-state index is -1.72. The van der Waals surface area contributed by atoms with Crippen LogP contribution in [0, 0.1) is 5.92 Å². The summed E-state index contributed by atoms with van der Waals surface area (Å²) < 4.78 is 32.2. The molecule has 1 aromatic rings. The van der Waals surface area contributed by atoms with Crippen LogP contribution in [0.4, 0.5) is 0 Å². The van der Waals surface area contributed by atoms with Crippen molar-refractivity contribution in [3.63, 3.8) is 0 Å². The van der Waals surface area contributed by atoms with E-state index in [1.54, 1.807) is 0 Å². The van der Waals surface area contributed by atoms with Crippen LogP contribution < -0.4 is 10.1 Å². The number of benzene rings is 1. The van der Waals surface area contributed by atoms with E-state index in [9.17, 15) is 49.5 Å². The first-order chi connectivity index (χ1) is 21.6. The first kappa shape index (κ1) is 36.4. The largest absolute Gasteiger partial charge is 0.504 e. The number of aliphatic hydroxyl groups is 4. The summed E-state index contributed by atoms with van der Waals surface area (Å²) in [4.78, 5) is 60.8. The third-order valence-electron chi connectivity index (χ3n) is 7.29. The fraction of sp³-hybridized carbons (Fsp3) is 0.621. The number of amides is 1. The lowest BCUT2D eigenvalue weighted by Crippen LogP contribution is -2.65. The van der Waals surface area contributed by atoms with Crippen molar-refractivity contribution in [1.82, 2.24) is 5.32 Å². The fourth-order valence-corrected chi connectivity index (χ4v) is 5.22.